The highest BCUT2D eigenvalue weighted by molar-refractivity contribution is 5.51. The number of rotatable bonds is 3. The zero-order valence-electron chi connectivity index (χ0n) is 8.88. The van der Waals surface area contributed by atoms with Crippen LogP contribution in [0.1, 0.15) is 17.5 Å². The van der Waals surface area contributed by atoms with Crippen molar-refractivity contribution in [1.82, 2.24) is 5.32 Å². The van der Waals surface area contributed by atoms with Crippen molar-refractivity contribution in [1.29, 1.82) is 0 Å². The van der Waals surface area contributed by atoms with Crippen molar-refractivity contribution < 1.29 is 5.11 Å². The minimum absolute atomic E-state index is 0.0438. The van der Waals surface area contributed by atoms with E-state index in [1.165, 1.54) is 0 Å². The average Bonchev–Trinajstić information content (AvgIpc) is 2.26. The number of nitrogens with two attached hydrogens (primary N) is 1. The summed E-state index contributed by atoms with van der Waals surface area (Å²) >= 11 is 0. The van der Waals surface area contributed by atoms with E-state index in [-0.39, 0.29) is 6.61 Å². The maximum atomic E-state index is 9.01. The molecule has 0 saturated carbocycles. The zero-order valence-corrected chi connectivity index (χ0v) is 8.88. The number of hydrogen-bond acceptors (Lipinski definition) is 3. The highest BCUT2D eigenvalue weighted by Crippen LogP contribution is 2.13. The van der Waals surface area contributed by atoms with Crippen LogP contribution in [0.3, 0.4) is 0 Å². The Morgan fingerprint density at radius 3 is 2.93 bits per heavy atom. The molecule has 0 aliphatic heterocycles. The predicted octanol–water partition coefficient (Wildman–Crippen LogP) is 0.722. The standard InChI is InChI=1S/C12H16N2O/c1-14-7-3-2-4-10-5-6-12(13)11(8-10)9-15/h5-6,8,14-15H,3,7,9,13H2,1H3. The number of anilines is 1. The molecule has 0 radical (unpaired) electrons. The van der Waals surface area contributed by atoms with Gasteiger partial charge in [0.15, 0.2) is 0 Å². The summed E-state index contributed by atoms with van der Waals surface area (Å²) in [6.07, 6.45) is 0.815. The van der Waals surface area contributed by atoms with Crippen LogP contribution in [0.2, 0.25) is 0 Å². The molecular weight excluding hydrogens is 188 g/mol. The van der Waals surface area contributed by atoms with E-state index in [0.29, 0.717) is 5.69 Å². The summed E-state index contributed by atoms with van der Waals surface area (Å²) in [6.45, 7) is 0.840. The first-order chi connectivity index (χ1) is 7.27. The molecule has 1 aromatic rings. The third-order valence-corrected chi connectivity index (χ3v) is 2.05. The quantitative estimate of drug-likeness (QED) is 0.386. The van der Waals surface area contributed by atoms with Crippen molar-refractivity contribution in [2.45, 2.75) is 13.0 Å². The molecule has 0 unspecified atom stereocenters. The van der Waals surface area contributed by atoms with Crippen LogP contribution >= 0.6 is 0 Å². The van der Waals surface area contributed by atoms with E-state index in [2.05, 4.69) is 17.2 Å². The Hall–Kier alpha value is -1.50. The molecule has 0 heterocycles. The molecule has 0 atom stereocenters. The second-order valence-electron chi connectivity index (χ2n) is 3.23. The highest BCUT2D eigenvalue weighted by Gasteiger charge is 1.97. The zero-order chi connectivity index (χ0) is 11.1. The molecule has 15 heavy (non-hydrogen) atoms. The second-order valence-corrected chi connectivity index (χ2v) is 3.23. The van der Waals surface area contributed by atoms with Crippen LogP contribution in [0.15, 0.2) is 18.2 Å². The van der Waals surface area contributed by atoms with Gasteiger partial charge in [-0.25, -0.2) is 0 Å². The highest BCUT2D eigenvalue weighted by atomic mass is 16.3. The maximum Gasteiger partial charge on any atom is 0.0702 e. The van der Waals surface area contributed by atoms with Gasteiger partial charge in [0.25, 0.3) is 0 Å². The Balaban J connectivity index is 2.72. The number of benzene rings is 1. The van der Waals surface area contributed by atoms with Gasteiger partial charge in [-0.05, 0) is 25.2 Å². The van der Waals surface area contributed by atoms with E-state index in [9.17, 15) is 0 Å². The van der Waals surface area contributed by atoms with Gasteiger partial charge in [-0.15, -0.1) is 0 Å². The lowest BCUT2D eigenvalue weighted by atomic mass is 10.1. The monoisotopic (exact) mass is 204 g/mol. The van der Waals surface area contributed by atoms with Gasteiger partial charge in [-0.3, -0.25) is 0 Å². The van der Waals surface area contributed by atoms with Gasteiger partial charge in [0.2, 0.25) is 0 Å². The van der Waals surface area contributed by atoms with Gasteiger partial charge in [0, 0.05) is 29.8 Å². The Morgan fingerprint density at radius 1 is 1.47 bits per heavy atom. The summed E-state index contributed by atoms with van der Waals surface area (Å²) in [5.74, 6) is 6.06. The van der Waals surface area contributed by atoms with E-state index in [1.807, 2.05) is 19.2 Å². The fourth-order valence-corrected chi connectivity index (χ4v) is 1.17. The van der Waals surface area contributed by atoms with Gasteiger partial charge < -0.3 is 16.2 Å². The second kappa shape index (κ2) is 6.07. The molecule has 0 aliphatic rings. The van der Waals surface area contributed by atoms with E-state index in [4.69, 9.17) is 10.8 Å². The first-order valence-corrected chi connectivity index (χ1v) is 4.90. The summed E-state index contributed by atoms with van der Waals surface area (Å²) in [5.41, 5.74) is 7.89. The molecule has 0 spiro atoms. The Morgan fingerprint density at radius 2 is 2.27 bits per heavy atom. The fraction of sp³-hybridized carbons (Fsp3) is 0.333. The lowest BCUT2D eigenvalue weighted by Gasteiger charge is -2.01. The van der Waals surface area contributed by atoms with Crippen LogP contribution in [-0.4, -0.2) is 18.7 Å². The minimum Gasteiger partial charge on any atom is -0.398 e. The van der Waals surface area contributed by atoms with Crippen molar-refractivity contribution in [3.8, 4) is 11.8 Å². The van der Waals surface area contributed by atoms with Gasteiger partial charge in [-0.1, -0.05) is 11.8 Å². The predicted molar refractivity (Wildman–Crippen MR) is 62.2 cm³/mol. The molecule has 1 aromatic carbocycles. The van der Waals surface area contributed by atoms with E-state index in [0.717, 1.165) is 24.1 Å². The molecule has 4 N–H and O–H groups in total. The molecule has 80 valence electrons. The lowest BCUT2D eigenvalue weighted by molar-refractivity contribution is 0.282. The van der Waals surface area contributed by atoms with E-state index < -0.39 is 0 Å². The molecule has 0 fully saturated rings. The van der Waals surface area contributed by atoms with Crippen molar-refractivity contribution in [2.75, 3.05) is 19.3 Å². The summed E-state index contributed by atoms with van der Waals surface area (Å²) in [6, 6.07) is 5.45. The first-order valence-electron chi connectivity index (χ1n) is 4.90. The third kappa shape index (κ3) is 3.62. The molecule has 0 aliphatic carbocycles. The molecule has 1 rings (SSSR count). The molecular formula is C12H16N2O. The Kier molecular flexibility index (Phi) is 4.69. The van der Waals surface area contributed by atoms with Crippen LogP contribution in [-0.2, 0) is 6.61 Å². The van der Waals surface area contributed by atoms with Crippen molar-refractivity contribution in [2.24, 2.45) is 0 Å². The molecule has 3 nitrogen and oxygen atoms in total. The Labute approximate surface area is 90.3 Å². The summed E-state index contributed by atoms with van der Waals surface area (Å²) in [5, 5.41) is 12.0. The summed E-state index contributed by atoms with van der Waals surface area (Å²) in [4.78, 5) is 0. The van der Waals surface area contributed by atoms with Crippen molar-refractivity contribution >= 4 is 5.69 Å². The van der Waals surface area contributed by atoms with Gasteiger partial charge in [-0.2, -0.15) is 0 Å². The SMILES string of the molecule is CNCCC#Cc1ccc(N)c(CO)c1. The van der Waals surface area contributed by atoms with Gasteiger partial charge in [0.05, 0.1) is 6.61 Å². The number of nitrogens with one attached hydrogen (secondary N) is 1. The molecule has 3 heteroatoms. The number of aliphatic hydroxyl groups is 1. The summed E-state index contributed by atoms with van der Waals surface area (Å²) < 4.78 is 0. The minimum atomic E-state index is -0.0438. The smallest absolute Gasteiger partial charge is 0.0702 e. The van der Waals surface area contributed by atoms with Crippen LogP contribution < -0.4 is 11.1 Å². The van der Waals surface area contributed by atoms with Crippen molar-refractivity contribution in [3.63, 3.8) is 0 Å². The van der Waals surface area contributed by atoms with Crippen LogP contribution in [0.5, 0.6) is 0 Å². The number of aliphatic hydroxyl groups excluding tert-OH is 1. The largest absolute Gasteiger partial charge is 0.398 e. The number of hydrogen-bond donors (Lipinski definition) is 3. The summed E-state index contributed by atoms with van der Waals surface area (Å²) in [7, 11) is 1.90. The fourth-order valence-electron chi connectivity index (χ4n) is 1.17. The topological polar surface area (TPSA) is 58.3 Å². The van der Waals surface area contributed by atoms with E-state index in [1.54, 1.807) is 6.07 Å². The third-order valence-electron chi connectivity index (χ3n) is 2.05. The van der Waals surface area contributed by atoms with Gasteiger partial charge in [0.1, 0.15) is 0 Å². The molecule has 0 amide bonds. The van der Waals surface area contributed by atoms with Crippen LogP contribution in [0, 0.1) is 11.8 Å². The van der Waals surface area contributed by atoms with Crippen molar-refractivity contribution in [3.05, 3.63) is 29.3 Å². The molecule has 0 aromatic heterocycles. The van der Waals surface area contributed by atoms with Crippen LogP contribution in [0.4, 0.5) is 5.69 Å². The maximum absolute atomic E-state index is 9.01. The Bertz CT molecular complexity index is 377. The molecule has 0 bridgehead atoms. The number of nitrogen functional groups attached to an aromatic ring is 1. The van der Waals surface area contributed by atoms with Gasteiger partial charge >= 0.3 is 0 Å². The van der Waals surface area contributed by atoms with Crippen LogP contribution in [0.25, 0.3) is 0 Å². The molecule has 0 saturated heterocycles. The lowest BCUT2D eigenvalue weighted by Crippen LogP contribution is -2.05. The first kappa shape index (κ1) is 11.6. The normalized spacial score (nSPS) is 9.47. The average molecular weight is 204 g/mol. The van der Waals surface area contributed by atoms with E-state index >= 15 is 0 Å².